The predicted octanol–water partition coefficient (Wildman–Crippen LogP) is 2.08. The fourth-order valence-electron chi connectivity index (χ4n) is 5.80. The zero-order valence-corrected chi connectivity index (χ0v) is 23.3. The van der Waals surface area contributed by atoms with Gasteiger partial charge in [0.2, 0.25) is 5.91 Å². The van der Waals surface area contributed by atoms with Gasteiger partial charge in [-0.3, -0.25) is 19.3 Å². The maximum Gasteiger partial charge on any atom is 0.328 e. The zero-order chi connectivity index (χ0) is 29.9. The Morgan fingerprint density at radius 3 is 2.55 bits per heavy atom. The third-order valence-corrected chi connectivity index (χ3v) is 8.53. The number of fused-ring (bicyclic) bond motifs is 2. The van der Waals surface area contributed by atoms with E-state index in [-0.39, 0.29) is 24.6 Å². The maximum atomic E-state index is 13.5. The van der Waals surface area contributed by atoms with Crippen molar-refractivity contribution >= 4 is 41.6 Å². The Morgan fingerprint density at radius 1 is 1.14 bits per heavy atom. The molecule has 0 spiro atoms. The van der Waals surface area contributed by atoms with Crippen molar-refractivity contribution in [1.29, 1.82) is 0 Å². The number of alkyl halides is 2. The highest BCUT2D eigenvalue weighted by Gasteiger charge is 2.71. The first-order chi connectivity index (χ1) is 20.0. The minimum absolute atomic E-state index is 0.181. The van der Waals surface area contributed by atoms with Gasteiger partial charge in [-0.1, -0.05) is 13.0 Å². The summed E-state index contributed by atoms with van der Waals surface area (Å²) in [5, 5.41) is 2.77. The second-order valence-electron chi connectivity index (χ2n) is 11.1. The number of Topliss-reactive ketones (excluding diaryl/α,β-unsaturated/α-hetero) is 1. The lowest BCUT2D eigenvalue weighted by molar-refractivity contribution is -0.141. The van der Waals surface area contributed by atoms with Gasteiger partial charge in [0.05, 0.1) is 30.4 Å². The summed E-state index contributed by atoms with van der Waals surface area (Å²) in [6.45, 7) is 3.51. The normalized spacial score (nSPS) is 26.3. The molecule has 6 rings (SSSR count). The third kappa shape index (κ3) is 4.54. The summed E-state index contributed by atoms with van der Waals surface area (Å²) in [4.78, 5) is 70.1. The van der Waals surface area contributed by atoms with E-state index in [2.05, 4.69) is 20.3 Å². The van der Waals surface area contributed by atoms with Crippen molar-refractivity contribution in [2.75, 3.05) is 36.9 Å². The van der Waals surface area contributed by atoms with Gasteiger partial charge >= 0.3 is 6.03 Å². The largest absolute Gasteiger partial charge is 0.356 e. The van der Waals surface area contributed by atoms with Gasteiger partial charge in [0, 0.05) is 38.3 Å². The lowest BCUT2D eigenvalue weighted by atomic mass is 10.1. The number of carbonyl (C=O) groups excluding carboxylic acids is 4. The molecular formula is C28H30F2N8O4. The van der Waals surface area contributed by atoms with Crippen LogP contribution in [0.15, 0.2) is 41.5 Å². The lowest BCUT2D eigenvalue weighted by Crippen LogP contribution is -2.66. The number of pyridine rings is 2. The fraction of sp³-hybridized carbons (Fsp3) is 0.464. The van der Waals surface area contributed by atoms with Crippen LogP contribution in [0.2, 0.25) is 0 Å². The van der Waals surface area contributed by atoms with E-state index in [0.29, 0.717) is 30.2 Å². The Morgan fingerprint density at radius 2 is 1.88 bits per heavy atom. The molecule has 4 unspecified atom stereocenters. The van der Waals surface area contributed by atoms with Crippen LogP contribution in [-0.2, 0) is 14.4 Å². The van der Waals surface area contributed by atoms with E-state index in [1.54, 1.807) is 44.3 Å². The van der Waals surface area contributed by atoms with Crippen LogP contribution in [0.4, 0.5) is 25.2 Å². The zero-order valence-electron chi connectivity index (χ0n) is 23.3. The van der Waals surface area contributed by atoms with Gasteiger partial charge in [0.1, 0.15) is 17.7 Å². The molecule has 0 radical (unpaired) electrons. The number of carbonyl (C=O) groups is 4. The molecule has 1 N–H and O–H groups in total. The highest BCUT2D eigenvalue weighted by molar-refractivity contribution is 6.05. The van der Waals surface area contributed by atoms with Gasteiger partial charge in [0.25, 0.3) is 11.8 Å². The van der Waals surface area contributed by atoms with E-state index in [9.17, 15) is 28.0 Å². The summed E-state index contributed by atoms with van der Waals surface area (Å²) in [6, 6.07) is 6.29. The quantitative estimate of drug-likeness (QED) is 0.502. The van der Waals surface area contributed by atoms with E-state index in [4.69, 9.17) is 0 Å². The smallest absolute Gasteiger partial charge is 0.328 e. The second-order valence-corrected chi connectivity index (χ2v) is 11.1. The molecule has 2 saturated heterocycles. The number of likely N-dealkylation sites (N-methyl/N-ethyl adjacent to an activating group) is 1. The Labute approximate surface area is 240 Å². The third-order valence-electron chi connectivity index (χ3n) is 8.53. The van der Waals surface area contributed by atoms with Crippen LogP contribution in [0.3, 0.4) is 0 Å². The van der Waals surface area contributed by atoms with E-state index >= 15 is 0 Å². The minimum Gasteiger partial charge on any atom is -0.356 e. The molecule has 2 aromatic rings. The molecule has 5 atom stereocenters. The summed E-state index contributed by atoms with van der Waals surface area (Å²) in [6.07, 6.45) is 2.37. The molecule has 1 aliphatic carbocycles. The molecule has 5 heterocycles. The minimum atomic E-state index is -2.55. The number of imide groups is 1. The van der Waals surface area contributed by atoms with Crippen molar-refractivity contribution in [3.8, 4) is 11.3 Å². The van der Waals surface area contributed by atoms with Crippen LogP contribution < -0.4 is 10.2 Å². The van der Waals surface area contributed by atoms with E-state index < -0.39 is 53.9 Å². The van der Waals surface area contributed by atoms with Gasteiger partial charge in [-0.15, -0.1) is 0 Å². The summed E-state index contributed by atoms with van der Waals surface area (Å²) in [5.41, 5.74) is 1.24. The van der Waals surface area contributed by atoms with E-state index in [0.717, 1.165) is 4.90 Å². The summed E-state index contributed by atoms with van der Waals surface area (Å²) >= 11 is 0. The first-order valence-corrected chi connectivity index (χ1v) is 13.8. The number of aromatic nitrogens is 2. The number of amides is 4. The summed E-state index contributed by atoms with van der Waals surface area (Å²) in [5.74, 6) is -4.12. The monoisotopic (exact) mass is 580 g/mol. The number of rotatable bonds is 8. The number of hydrogen-bond donors (Lipinski definition) is 1. The van der Waals surface area contributed by atoms with Gasteiger partial charge in [-0.2, -0.15) is 0 Å². The van der Waals surface area contributed by atoms with E-state index in [1.165, 1.54) is 23.2 Å². The first kappa shape index (κ1) is 27.7. The molecular weight excluding hydrogens is 550 g/mol. The number of urea groups is 1. The molecule has 4 amide bonds. The molecule has 12 nitrogen and oxygen atoms in total. The van der Waals surface area contributed by atoms with Crippen LogP contribution in [-0.4, -0.2) is 105 Å². The molecule has 0 bridgehead atoms. The Hall–Kier alpha value is -4.49. The average Bonchev–Trinajstić information content (AvgIpc) is 3.41. The number of nitrogens with one attached hydrogen (secondary N) is 1. The molecule has 14 heteroatoms. The van der Waals surface area contributed by atoms with Crippen molar-refractivity contribution in [2.45, 2.75) is 44.4 Å². The maximum absolute atomic E-state index is 13.5. The number of anilines is 2. The lowest BCUT2D eigenvalue weighted by Gasteiger charge is -2.42. The molecule has 2 aromatic heterocycles. The van der Waals surface area contributed by atoms with Crippen LogP contribution in [0.5, 0.6) is 0 Å². The number of ketones is 1. The molecule has 3 aliphatic heterocycles. The summed E-state index contributed by atoms with van der Waals surface area (Å²) in [7, 11) is 1.50. The van der Waals surface area contributed by atoms with Crippen LogP contribution >= 0.6 is 0 Å². The highest BCUT2D eigenvalue weighted by atomic mass is 19.3. The number of halogens is 2. The highest BCUT2D eigenvalue weighted by Crippen LogP contribution is 2.59. The van der Waals surface area contributed by atoms with Crippen molar-refractivity contribution in [2.24, 2.45) is 16.8 Å². The SMILES string of the molecule is CCC(=O)CN1C(=O)C2C(N=CN2[C@@H](C)C(=O)Nc2cccc(-c3ccc(N4CC5C(C4)C5(F)F)nc3)n2)N(C)C1=O. The van der Waals surface area contributed by atoms with Crippen molar-refractivity contribution in [3.05, 3.63) is 36.5 Å². The van der Waals surface area contributed by atoms with Gasteiger partial charge in [-0.25, -0.2) is 28.5 Å². The van der Waals surface area contributed by atoms with Gasteiger partial charge in [0.15, 0.2) is 18.0 Å². The van der Waals surface area contributed by atoms with Crippen molar-refractivity contribution in [1.82, 2.24) is 24.7 Å². The van der Waals surface area contributed by atoms with Crippen molar-refractivity contribution in [3.63, 3.8) is 0 Å². The summed E-state index contributed by atoms with van der Waals surface area (Å²) < 4.78 is 27.1. The number of aliphatic imine (C=N–C) groups is 1. The van der Waals surface area contributed by atoms with Crippen LogP contribution in [0, 0.1) is 11.8 Å². The predicted molar refractivity (Wildman–Crippen MR) is 148 cm³/mol. The number of hydrogen-bond acceptors (Lipinski definition) is 9. The van der Waals surface area contributed by atoms with Crippen LogP contribution in [0.1, 0.15) is 20.3 Å². The Bertz CT molecular complexity index is 1470. The molecule has 42 heavy (non-hydrogen) atoms. The Kier molecular flexibility index (Phi) is 6.65. The van der Waals surface area contributed by atoms with Crippen LogP contribution in [0.25, 0.3) is 11.3 Å². The molecule has 3 fully saturated rings. The van der Waals surface area contributed by atoms with E-state index in [1.807, 2.05) is 11.0 Å². The molecule has 4 aliphatic rings. The first-order valence-electron chi connectivity index (χ1n) is 13.8. The van der Waals surface area contributed by atoms with Gasteiger partial charge < -0.3 is 20.0 Å². The van der Waals surface area contributed by atoms with Gasteiger partial charge in [-0.05, 0) is 31.2 Å². The number of nitrogens with zero attached hydrogens (tertiary/aromatic N) is 7. The molecule has 220 valence electrons. The molecule has 1 saturated carbocycles. The number of piperidine rings is 1. The topological polar surface area (TPSA) is 131 Å². The standard InChI is InChI=1S/C28H30F2N8O4/c1-4-17(39)11-37-26(41)23-24(35(3)27(37)42)32-14-38(23)15(2)25(40)34-21-7-5-6-20(33-21)16-8-9-22(31-10-16)36-12-18-19(13-36)28(18,29)30/h5-10,14-15,18-19,23-24H,4,11-13H2,1-3H3,(H,33,34,40)/t15-,18?,19?,23?,24?/m0/s1. The molecule has 0 aromatic carbocycles. The average molecular weight is 581 g/mol. The second kappa shape index (κ2) is 10.1. The fourth-order valence-corrected chi connectivity index (χ4v) is 5.80. The Balaban J connectivity index is 1.12. The van der Waals surface area contributed by atoms with Crippen molar-refractivity contribution < 1.29 is 28.0 Å².